The molecule has 0 aliphatic carbocycles. The van der Waals surface area contributed by atoms with Gasteiger partial charge in [0.1, 0.15) is 0 Å². The van der Waals surface area contributed by atoms with Gasteiger partial charge in [-0.1, -0.05) is 18.2 Å². The molecule has 0 unspecified atom stereocenters. The summed E-state index contributed by atoms with van der Waals surface area (Å²) in [6.45, 7) is 2.30. The first-order valence-corrected chi connectivity index (χ1v) is 9.01. The van der Waals surface area contributed by atoms with Crippen molar-refractivity contribution >= 4 is 28.8 Å². The van der Waals surface area contributed by atoms with Crippen LogP contribution in [0.4, 0.5) is 28.8 Å². The van der Waals surface area contributed by atoms with E-state index in [0.29, 0.717) is 11.8 Å². The molecule has 0 saturated carbocycles. The summed E-state index contributed by atoms with van der Waals surface area (Å²) < 4.78 is 0. The van der Waals surface area contributed by atoms with Crippen LogP contribution in [0.1, 0.15) is 19.3 Å². The van der Waals surface area contributed by atoms with E-state index < -0.39 is 0 Å². The molecule has 3 aromatic rings. The van der Waals surface area contributed by atoms with Crippen LogP contribution in [0.25, 0.3) is 0 Å². The summed E-state index contributed by atoms with van der Waals surface area (Å²) in [6.07, 6.45) is 5.53. The first-order chi connectivity index (χ1) is 12.9. The molecule has 0 spiro atoms. The standard InChI is InChI=1S/C20H22N6/c1-3-7-16(8-4-1)23-20-24-19(15-21-25-20)22-17-9-11-18(12-10-17)26-13-5-2-6-14-26/h1,3-4,7-12,15H,2,5-6,13-14H2,(H2,22,23,24,25). The lowest BCUT2D eigenvalue weighted by atomic mass is 10.1. The highest BCUT2D eigenvalue weighted by Gasteiger charge is 2.10. The number of nitrogens with one attached hydrogen (secondary N) is 2. The Bertz CT molecular complexity index is 828. The van der Waals surface area contributed by atoms with E-state index in [-0.39, 0.29) is 0 Å². The molecule has 2 heterocycles. The van der Waals surface area contributed by atoms with E-state index in [4.69, 9.17) is 0 Å². The third-order valence-corrected chi connectivity index (χ3v) is 4.45. The molecular formula is C20H22N6. The molecule has 0 bridgehead atoms. The summed E-state index contributed by atoms with van der Waals surface area (Å²) in [5.41, 5.74) is 3.19. The zero-order valence-electron chi connectivity index (χ0n) is 14.6. The molecule has 2 N–H and O–H groups in total. The number of anilines is 5. The van der Waals surface area contributed by atoms with Crippen LogP contribution in [0.3, 0.4) is 0 Å². The van der Waals surface area contributed by atoms with Gasteiger partial charge in [0.25, 0.3) is 0 Å². The lowest BCUT2D eigenvalue weighted by molar-refractivity contribution is 0.578. The van der Waals surface area contributed by atoms with Gasteiger partial charge in [0.2, 0.25) is 5.95 Å². The van der Waals surface area contributed by atoms with Gasteiger partial charge in [-0.3, -0.25) is 0 Å². The maximum atomic E-state index is 4.47. The summed E-state index contributed by atoms with van der Waals surface area (Å²) in [4.78, 5) is 6.92. The SMILES string of the molecule is c1ccc(Nc2nncc(Nc3ccc(N4CCCCC4)cc3)n2)cc1. The smallest absolute Gasteiger partial charge is 0.249 e. The normalized spacial score (nSPS) is 14.1. The molecule has 6 heteroatoms. The van der Waals surface area contributed by atoms with Gasteiger partial charge in [0.15, 0.2) is 5.82 Å². The molecule has 132 valence electrons. The number of hydrogen-bond donors (Lipinski definition) is 2. The fraction of sp³-hybridized carbons (Fsp3) is 0.250. The molecule has 1 aliphatic rings. The van der Waals surface area contributed by atoms with Crippen LogP contribution in [0.15, 0.2) is 60.8 Å². The molecule has 26 heavy (non-hydrogen) atoms. The molecule has 0 radical (unpaired) electrons. The number of rotatable bonds is 5. The maximum Gasteiger partial charge on any atom is 0.249 e. The van der Waals surface area contributed by atoms with Crippen molar-refractivity contribution in [1.29, 1.82) is 0 Å². The summed E-state index contributed by atoms with van der Waals surface area (Å²) in [7, 11) is 0. The van der Waals surface area contributed by atoms with Crippen molar-refractivity contribution in [1.82, 2.24) is 15.2 Å². The van der Waals surface area contributed by atoms with Gasteiger partial charge in [0, 0.05) is 30.2 Å². The molecule has 1 aliphatic heterocycles. The van der Waals surface area contributed by atoms with Gasteiger partial charge >= 0.3 is 0 Å². The number of benzene rings is 2. The number of nitrogens with zero attached hydrogens (tertiary/aromatic N) is 4. The van der Waals surface area contributed by atoms with Crippen molar-refractivity contribution in [2.45, 2.75) is 19.3 Å². The van der Waals surface area contributed by atoms with E-state index in [2.05, 4.69) is 55.0 Å². The fourth-order valence-electron chi connectivity index (χ4n) is 3.12. The monoisotopic (exact) mass is 346 g/mol. The summed E-state index contributed by atoms with van der Waals surface area (Å²) in [6, 6.07) is 18.3. The summed E-state index contributed by atoms with van der Waals surface area (Å²) >= 11 is 0. The first kappa shape index (κ1) is 16.3. The molecule has 0 amide bonds. The van der Waals surface area contributed by atoms with Crippen molar-refractivity contribution < 1.29 is 0 Å². The second-order valence-corrected chi connectivity index (χ2v) is 6.38. The molecule has 4 rings (SSSR count). The van der Waals surface area contributed by atoms with E-state index in [9.17, 15) is 0 Å². The van der Waals surface area contributed by atoms with Crippen LogP contribution in [0, 0.1) is 0 Å². The Labute approximate surface area is 153 Å². The third kappa shape index (κ3) is 4.08. The van der Waals surface area contributed by atoms with Crippen molar-refractivity contribution in [3.8, 4) is 0 Å². The third-order valence-electron chi connectivity index (χ3n) is 4.45. The van der Waals surface area contributed by atoms with E-state index in [0.717, 1.165) is 24.5 Å². The highest BCUT2D eigenvalue weighted by molar-refractivity contribution is 5.61. The Balaban J connectivity index is 1.43. The topological polar surface area (TPSA) is 66.0 Å². The van der Waals surface area contributed by atoms with Gasteiger partial charge in [-0.15, -0.1) is 5.10 Å². The molecule has 1 saturated heterocycles. The summed E-state index contributed by atoms with van der Waals surface area (Å²) in [5, 5.41) is 14.5. The highest BCUT2D eigenvalue weighted by atomic mass is 15.3. The average molecular weight is 346 g/mol. The Hall–Kier alpha value is -3.15. The van der Waals surface area contributed by atoms with E-state index in [1.54, 1.807) is 6.20 Å². The highest BCUT2D eigenvalue weighted by Crippen LogP contribution is 2.23. The first-order valence-electron chi connectivity index (χ1n) is 9.01. The molecule has 0 atom stereocenters. The van der Waals surface area contributed by atoms with E-state index >= 15 is 0 Å². The zero-order valence-corrected chi connectivity index (χ0v) is 14.6. The lowest BCUT2D eigenvalue weighted by Crippen LogP contribution is -2.29. The van der Waals surface area contributed by atoms with Crippen molar-refractivity contribution in [2.24, 2.45) is 0 Å². The van der Waals surface area contributed by atoms with Gasteiger partial charge < -0.3 is 15.5 Å². The Morgan fingerprint density at radius 3 is 2.27 bits per heavy atom. The van der Waals surface area contributed by atoms with Crippen molar-refractivity contribution in [2.75, 3.05) is 28.6 Å². The van der Waals surface area contributed by atoms with E-state index in [1.165, 1.54) is 24.9 Å². The maximum absolute atomic E-state index is 4.47. The minimum Gasteiger partial charge on any atom is -0.372 e. The second kappa shape index (κ2) is 7.82. The van der Waals surface area contributed by atoms with Crippen molar-refractivity contribution in [3.05, 3.63) is 60.8 Å². The lowest BCUT2D eigenvalue weighted by Gasteiger charge is -2.28. The zero-order chi connectivity index (χ0) is 17.6. The molecule has 1 fully saturated rings. The number of aromatic nitrogens is 3. The summed E-state index contributed by atoms with van der Waals surface area (Å²) in [5.74, 6) is 1.12. The van der Waals surface area contributed by atoms with E-state index in [1.807, 2.05) is 30.3 Å². The predicted molar refractivity (Wildman–Crippen MR) is 105 cm³/mol. The minimum absolute atomic E-state index is 0.464. The number of hydrogen-bond acceptors (Lipinski definition) is 6. The molecule has 2 aromatic carbocycles. The molecule has 6 nitrogen and oxygen atoms in total. The van der Waals surface area contributed by atoms with Crippen LogP contribution in [0.5, 0.6) is 0 Å². The molecule has 1 aromatic heterocycles. The van der Waals surface area contributed by atoms with Crippen LogP contribution in [0.2, 0.25) is 0 Å². The minimum atomic E-state index is 0.464. The number of para-hydroxylation sites is 1. The molecular weight excluding hydrogens is 324 g/mol. The Morgan fingerprint density at radius 1 is 0.769 bits per heavy atom. The second-order valence-electron chi connectivity index (χ2n) is 6.38. The Morgan fingerprint density at radius 2 is 1.50 bits per heavy atom. The number of piperidine rings is 1. The van der Waals surface area contributed by atoms with Gasteiger partial charge in [0.05, 0.1) is 6.20 Å². The van der Waals surface area contributed by atoms with Crippen molar-refractivity contribution in [3.63, 3.8) is 0 Å². The fourth-order valence-corrected chi connectivity index (χ4v) is 3.12. The largest absolute Gasteiger partial charge is 0.372 e. The predicted octanol–water partition coefficient (Wildman–Crippen LogP) is 4.35. The van der Waals surface area contributed by atoms with Gasteiger partial charge in [-0.25, -0.2) is 0 Å². The van der Waals surface area contributed by atoms with Crippen LogP contribution < -0.4 is 15.5 Å². The van der Waals surface area contributed by atoms with Crippen LogP contribution in [-0.2, 0) is 0 Å². The Kier molecular flexibility index (Phi) is 4.91. The quantitative estimate of drug-likeness (QED) is 0.716. The van der Waals surface area contributed by atoms with Gasteiger partial charge in [-0.05, 0) is 55.7 Å². The van der Waals surface area contributed by atoms with Crippen LogP contribution >= 0.6 is 0 Å². The van der Waals surface area contributed by atoms with Gasteiger partial charge in [-0.2, -0.15) is 10.1 Å². The average Bonchev–Trinajstić information content (AvgIpc) is 2.70. The van der Waals surface area contributed by atoms with Crippen LogP contribution in [-0.4, -0.2) is 28.3 Å².